The number of nitrogens with one attached hydrogen (secondary N) is 2. The molecular weight excluding hydrogens is 452 g/mol. The molecule has 0 aliphatic heterocycles. The first kappa shape index (κ1) is 28.0. The van der Waals surface area contributed by atoms with Crippen molar-refractivity contribution < 1.29 is 23.5 Å². The van der Waals surface area contributed by atoms with Crippen LogP contribution in [0.5, 0.6) is 0 Å². The molecule has 0 aliphatic carbocycles. The molecule has 2 aromatic carbocycles. The van der Waals surface area contributed by atoms with Crippen molar-refractivity contribution in [3.63, 3.8) is 0 Å². The molecule has 0 aliphatic rings. The maximum Gasteiger partial charge on any atom is 0.253 e. The van der Waals surface area contributed by atoms with Crippen LogP contribution in [0.3, 0.4) is 0 Å². The van der Waals surface area contributed by atoms with Gasteiger partial charge in [-0.3, -0.25) is 9.59 Å². The van der Waals surface area contributed by atoms with Crippen molar-refractivity contribution in [1.82, 2.24) is 15.5 Å². The van der Waals surface area contributed by atoms with Crippen molar-refractivity contribution in [2.45, 2.75) is 45.3 Å². The molecule has 0 saturated heterocycles. The second kappa shape index (κ2) is 13.6. The van der Waals surface area contributed by atoms with Crippen LogP contribution in [-0.4, -0.2) is 60.6 Å². The number of benzene rings is 2. The van der Waals surface area contributed by atoms with Crippen molar-refractivity contribution in [2.75, 3.05) is 26.7 Å². The smallest absolute Gasteiger partial charge is 0.253 e. The molecule has 3 N–H and O–H groups in total. The Kier molecular flexibility index (Phi) is 10.8. The van der Waals surface area contributed by atoms with E-state index in [1.807, 2.05) is 13.8 Å². The van der Waals surface area contributed by atoms with Crippen molar-refractivity contribution in [2.24, 2.45) is 0 Å². The van der Waals surface area contributed by atoms with Gasteiger partial charge >= 0.3 is 0 Å². The fourth-order valence-electron chi connectivity index (χ4n) is 3.87. The summed E-state index contributed by atoms with van der Waals surface area (Å²) >= 11 is 0. The number of nitrogens with zero attached hydrogens (tertiary/aromatic N) is 1. The number of halogens is 2. The van der Waals surface area contributed by atoms with Crippen molar-refractivity contribution in [3.05, 3.63) is 70.3 Å². The predicted molar refractivity (Wildman–Crippen MR) is 132 cm³/mol. The monoisotopic (exact) mass is 485 g/mol. The van der Waals surface area contributed by atoms with Crippen LogP contribution in [0.2, 0.25) is 0 Å². The normalized spacial score (nSPS) is 12.5. The van der Waals surface area contributed by atoms with Gasteiger partial charge in [-0.05, 0) is 62.2 Å². The Morgan fingerprint density at radius 2 is 1.63 bits per heavy atom. The third-order valence-electron chi connectivity index (χ3n) is 5.46. The zero-order valence-electron chi connectivity index (χ0n) is 20.4. The van der Waals surface area contributed by atoms with E-state index in [1.165, 1.54) is 12.1 Å². The molecule has 0 heterocycles. The summed E-state index contributed by atoms with van der Waals surface area (Å²) < 4.78 is 27.4. The first-order chi connectivity index (χ1) is 16.7. The molecule has 188 valence electrons. The van der Waals surface area contributed by atoms with Gasteiger partial charge in [0.15, 0.2) is 0 Å². The summed E-state index contributed by atoms with van der Waals surface area (Å²) in [5, 5.41) is 16.1. The fraction of sp³-hybridized carbons (Fsp3) is 0.407. The minimum absolute atomic E-state index is 0.00926. The molecule has 2 aromatic rings. The lowest BCUT2D eigenvalue weighted by Crippen LogP contribution is -2.48. The Balaban J connectivity index is 2.35. The number of hydrogen-bond donors (Lipinski definition) is 3. The molecule has 6 nitrogen and oxygen atoms in total. The Morgan fingerprint density at radius 3 is 2.17 bits per heavy atom. The number of terminal acetylenes is 1. The second-order valence-corrected chi connectivity index (χ2v) is 8.42. The largest absolute Gasteiger partial charge is 0.390 e. The van der Waals surface area contributed by atoms with Crippen molar-refractivity contribution in [3.8, 4) is 12.3 Å². The summed E-state index contributed by atoms with van der Waals surface area (Å²) in [7, 11) is 1.64. The average molecular weight is 486 g/mol. The molecule has 2 amide bonds. The molecule has 35 heavy (non-hydrogen) atoms. The second-order valence-electron chi connectivity index (χ2n) is 8.42. The van der Waals surface area contributed by atoms with E-state index in [9.17, 15) is 23.5 Å². The highest BCUT2D eigenvalue weighted by Gasteiger charge is 2.24. The van der Waals surface area contributed by atoms with Gasteiger partial charge < -0.3 is 20.6 Å². The summed E-state index contributed by atoms with van der Waals surface area (Å²) in [5.41, 5.74) is 1.11. The lowest BCUT2D eigenvalue weighted by Gasteiger charge is -2.25. The summed E-state index contributed by atoms with van der Waals surface area (Å²) in [6.45, 7) is 5.26. The summed E-state index contributed by atoms with van der Waals surface area (Å²) in [6.07, 6.45) is 6.10. The first-order valence-electron chi connectivity index (χ1n) is 11.7. The number of amides is 2. The van der Waals surface area contributed by atoms with Gasteiger partial charge in [0.05, 0.1) is 12.1 Å². The van der Waals surface area contributed by atoms with Crippen LogP contribution in [-0.2, 0) is 6.42 Å². The highest BCUT2D eigenvalue weighted by molar-refractivity contribution is 6.00. The number of likely N-dealkylation sites (N-methyl/N-ethyl adjacent to an activating group) is 1. The van der Waals surface area contributed by atoms with Gasteiger partial charge in [-0.1, -0.05) is 19.8 Å². The molecule has 2 rings (SSSR count). The third kappa shape index (κ3) is 8.16. The minimum atomic E-state index is -1.04. The van der Waals surface area contributed by atoms with Gasteiger partial charge in [0.2, 0.25) is 0 Å². The van der Waals surface area contributed by atoms with Crippen LogP contribution in [0, 0.1) is 24.0 Å². The average Bonchev–Trinajstić information content (AvgIpc) is 2.82. The molecule has 0 radical (unpaired) electrons. The van der Waals surface area contributed by atoms with Crippen LogP contribution in [0.1, 0.15) is 58.5 Å². The standard InChI is InChI=1S/C27H33F2N3O3/c1-5-8-32(9-6-2)27(35)21-11-18(7-3)10-20(15-21)26(34)31-24(25(33)17-30-4)14-19-12-22(28)16-23(29)13-19/h3,10-13,15-16,24-25,30,33H,5-6,8-9,14,17H2,1-2,4H3,(H,31,34)/t24-,25+/m0/s1. The van der Waals surface area contributed by atoms with E-state index in [0.29, 0.717) is 24.2 Å². The number of carbonyl (C=O) groups excluding carboxylic acids is 2. The third-order valence-corrected chi connectivity index (χ3v) is 5.46. The van der Waals surface area contributed by atoms with E-state index in [2.05, 4.69) is 16.6 Å². The number of aliphatic hydroxyl groups is 1. The van der Waals surface area contributed by atoms with E-state index >= 15 is 0 Å². The summed E-state index contributed by atoms with van der Waals surface area (Å²) in [6, 6.07) is 6.73. The lowest BCUT2D eigenvalue weighted by molar-refractivity contribution is 0.0755. The van der Waals surface area contributed by atoms with E-state index in [0.717, 1.165) is 31.0 Å². The van der Waals surface area contributed by atoms with Crippen LogP contribution >= 0.6 is 0 Å². The summed E-state index contributed by atoms with van der Waals surface area (Å²) in [5.74, 6) is 0.194. The van der Waals surface area contributed by atoms with Gasteiger partial charge in [-0.15, -0.1) is 6.42 Å². The Labute approximate surface area is 205 Å². The molecule has 0 saturated carbocycles. The quantitative estimate of drug-likeness (QED) is 0.404. The number of hydrogen-bond acceptors (Lipinski definition) is 4. The summed E-state index contributed by atoms with van der Waals surface area (Å²) in [4.78, 5) is 28.0. The van der Waals surface area contributed by atoms with Gasteiger partial charge in [-0.25, -0.2) is 8.78 Å². The van der Waals surface area contributed by atoms with Crippen molar-refractivity contribution in [1.29, 1.82) is 0 Å². The van der Waals surface area contributed by atoms with E-state index in [1.54, 1.807) is 18.0 Å². The number of rotatable bonds is 12. The molecule has 0 fully saturated rings. The SMILES string of the molecule is C#Cc1cc(C(=O)N[C@@H](Cc2cc(F)cc(F)c2)[C@H](O)CNC)cc(C(=O)N(CCC)CCC)c1. The van der Waals surface area contributed by atoms with E-state index < -0.39 is 29.7 Å². The van der Waals surface area contributed by atoms with Crippen LogP contribution in [0.4, 0.5) is 8.78 Å². The van der Waals surface area contributed by atoms with Crippen LogP contribution in [0.25, 0.3) is 0 Å². The van der Waals surface area contributed by atoms with Crippen LogP contribution in [0.15, 0.2) is 36.4 Å². The van der Waals surface area contributed by atoms with Crippen LogP contribution < -0.4 is 10.6 Å². The highest BCUT2D eigenvalue weighted by Crippen LogP contribution is 2.16. The molecule has 0 bridgehead atoms. The zero-order chi connectivity index (χ0) is 26.0. The Hall–Kier alpha value is -3.28. The molecule has 2 atom stereocenters. The Morgan fingerprint density at radius 1 is 1.03 bits per heavy atom. The first-order valence-corrected chi connectivity index (χ1v) is 11.7. The molecule has 0 unspecified atom stereocenters. The fourth-order valence-corrected chi connectivity index (χ4v) is 3.87. The lowest BCUT2D eigenvalue weighted by atomic mass is 9.99. The van der Waals surface area contributed by atoms with Crippen molar-refractivity contribution >= 4 is 11.8 Å². The van der Waals surface area contributed by atoms with E-state index in [4.69, 9.17) is 6.42 Å². The molecule has 0 aromatic heterocycles. The van der Waals surface area contributed by atoms with Gasteiger partial charge in [-0.2, -0.15) is 0 Å². The Bertz CT molecular complexity index is 1040. The maximum atomic E-state index is 13.7. The molecular formula is C27H33F2N3O3. The zero-order valence-corrected chi connectivity index (χ0v) is 20.4. The minimum Gasteiger partial charge on any atom is -0.390 e. The van der Waals surface area contributed by atoms with E-state index in [-0.39, 0.29) is 30.0 Å². The molecule has 0 spiro atoms. The van der Waals surface area contributed by atoms with Gasteiger partial charge in [0, 0.05) is 42.4 Å². The highest BCUT2D eigenvalue weighted by atomic mass is 19.1. The van der Waals surface area contributed by atoms with Gasteiger partial charge in [0.1, 0.15) is 11.6 Å². The van der Waals surface area contributed by atoms with Gasteiger partial charge in [0.25, 0.3) is 11.8 Å². The molecule has 8 heteroatoms. The predicted octanol–water partition coefficient (Wildman–Crippen LogP) is 3.13. The number of carbonyl (C=O) groups is 2. The maximum absolute atomic E-state index is 13.7. The number of aliphatic hydroxyl groups excluding tert-OH is 1. The topological polar surface area (TPSA) is 81.7 Å².